The summed E-state index contributed by atoms with van der Waals surface area (Å²) in [6.07, 6.45) is 1.89. The molecule has 1 aromatic carbocycles. The third-order valence-electron chi connectivity index (χ3n) is 4.26. The van der Waals surface area contributed by atoms with Gasteiger partial charge in [0.25, 0.3) is 5.91 Å². The first kappa shape index (κ1) is 15.4. The van der Waals surface area contributed by atoms with E-state index in [1.54, 1.807) is 17.0 Å². The number of hydrogen-bond acceptors (Lipinski definition) is 3. The number of aryl methyl sites for hydroxylation is 1. The fourth-order valence-electron chi connectivity index (χ4n) is 3.04. The number of carbonyl (C=O) groups excluding carboxylic acids is 1. The van der Waals surface area contributed by atoms with Crippen LogP contribution in [-0.2, 0) is 4.79 Å². The summed E-state index contributed by atoms with van der Waals surface area (Å²) in [4.78, 5) is 25.8. The molecule has 21 heavy (non-hydrogen) atoms. The molecule has 0 aliphatic carbocycles. The van der Waals surface area contributed by atoms with Crippen LogP contribution < -0.4 is 5.73 Å². The molecule has 1 unspecified atom stereocenters. The highest BCUT2D eigenvalue weighted by molar-refractivity contribution is 5.99. The topological polar surface area (TPSA) is 83.6 Å². The molecule has 1 amide bonds. The second-order valence-corrected chi connectivity index (χ2v) is 5.90. The van der Waals surface area contributed by atoms with Crippen molar-refractivity contribution in [2.24, 2.45) is 5.41 Å². The fourth-order valence-corrected chi connectivity index (χ4v) is 3.04. The second-order valence-electron chi connectivity index (χ2n) is 5.90. The van der Waals surface area contributed by atoms with Crippen molar-refractivity contribution < 1.29 is 14.7 Å². The van der Waals surface area contributed by atoms with E-state index >= 15 is 0 Å². The average Bonchev–Trinajstić information content (AvgIpc) is 2.87. The third-order valence-corrected chi connectivity index (χ3v) is 4.26. The summed E-state index contributed by atoms with van der Waals surface area (Å²) in [6.45, 7) is 4.60. The number of rotatable bonds is 4. The maximum atomic E-state index is 12.6. The van der Waals surface area contributed by atoms with Gasteiger partial charge in [-0.3, -0.25) is 9.59 Å². The molecule has 0 spiro atoms. The predicted octanol–water partition coefficient (Wildman–Crippen LogP) is 2.29. The molecular formula is C16H22N2O3. The van der Waals surface area contributed by atoms with Gasteiger partial charge in [0.2, 0.25) is 0 Å². The van der Waals surface area contributed by atoms with Gasteiger partial charge in [0, 0.05) is 18.8 Å². The Morgan fingerprint density at radius 1 is 1.43 bits per heavy atom. The minimum atomic E-state index is -0.808. The molecule has 5 nitrogen and oxygen atoms in total. The number of carboxylic acid groups (broad SMARTS) is 1. The highest BCUT2D eigenvalue weighted by atomic mass is 16.4. The van der Waals surface area contributed by atoms with E-state index in [-0.39, 0.29) is 12.5 Å². The third kappa shape index (κ3) is 2.86. The standard InChI is InChI=1S/C16H22N2O3/c1-3-6-16(15(20)21)7-8-18(10-16)14(19)12-9-11(2)4-5-13(12)17/h4-5,9H,3,6-8,10,17H2,1-2H3,(H,20,21). The van der Waals surface area contributed by atoms with Crippen molar-refractivity contribution in [2.45, 2.75) is 33.1 Å². The van der Waals surface area contributed by atoms with Crippen LogP contribution in [0, 0.1) is 12.3 Å². The molecule has 1 aromatic rings. The van der Waals surface area contributed by atoms with E-state index in [4.69, 9.17) is 5.73 Å². The monoisotopic (exact) mass is 290 g/mol. The minimum Gasteiger partial charge on any atom is -0.481 e. The molecule has 2 rings (SSSR count). The Balaban J connectivity index is 2.22. The lowest BCUT2D eigenvalue weighted by Gasteiger charge is -2.24. The van der Waals surface area contributed by atoms with E-state index < -0.39 is 11.4 Å². The number of anilines is 1. The first-order valence-electron chi connectivity index (χ1n) is 7.28. The van der Waals surface area contributed by atoms with Crippen LogP contribution in [0.4, 0.5) is 5.69 Å². The Hall–Kier alpha value is -2.04. The van der Waals surface area contributed by atoms with Crippen molar-refractivity contribution >= 4 is 17.6 Å². The van der Waals surface area contributed by atoms with Gasteiger partial charge in [-0.25, -0.2) is 0 Å². The fraction of sp³-hybridized carbons (Fsp3) is 0.500. The number of amides is 1. The van der Waals surface area contributed by atoms with Crippen LogP contribution in [0.5, 0.6) is 0 Å². The Morgan fingerprint density at radius 3 is 2.76 bits per heavy atom. The molecule has 0 radical (unpaired) electrons. The van der Waals surface area contributed by atoms with Crippen LogP contribution in [-0.4, -0.2) is 35.0 Å². The summed E-state index contributed by atoms with van der Waals surface area (Å²) in [5, 5.41) is 9.50. The smallest absolute Gasteiger partial charge is 0.311 e. The lowest BCUT2D eigenvalue weighted by atomic mass is 9.83. The van der Waals surface area contributed by atoms with Gasteiger partial charge in [0.15, 0.2) is 0 Å². The van der Waals surface area contributed by atoms with E-state index in [9.17, 15) is 14.7 Å². The van der Waals surface area contributed by atoms with Crippen LogP contribution in [0.15, 0.2) is 18.2 Å². The van der Waals surface area contributed by atoms with Gasteiger partial charge < -0.3 is 15.7 Å². The van der Waals surface area contributed by atoms with E-state index in [1.807, 2.05) is 19.9 Å². The van der Waals surface area contributed by atoms with Crippen LogP contribution in [0.2, 0.25) is 0 Å². The zero-order valence-electron chi connectivity index (χ0n) is 12.6. The molecule has 114 valence electrons. The molecule has 1 atom stereocenters. The SMILES string of the molecule is CCCC1(C(=O)O)CCN(C(=O)c2cc(C)ccc2N)C1. The second kappa shape index (κ2) is 5.76. The molecule has 5 heteroatoms. The van der Waals surface area contributed by atoms with Gasteiger partial charge in [-0.2, -0.15) is 0 Å². The van der Waals surface area contributed by atoms with E-state index in [0.717, 1.165) is 12.0 Å². The maximum Gasteiger partial charge on any atom is 0.311 e. The summed E-state index contributed by atoms with van der Waals surface area (Å²) in [6, 6.07) is 5.34. The van der Waals surface area contributed by atoms with Crippen molar-refractivity contribution in [3.63, 3.8) is 0 Å². The number of likely N-dealkylation sites (tertiary alicyclic amines) is 1. The number of hydrogen-bond donors (Lipinski definition) is 2. The normalized spacial score (nSPS) is 21.5. The number of benzene rings is 1. The van der Waals surface area contributed by atoms with Crippen LogP contribution in [0.1, 0.15) is 42.1 Å². The van der Waals surface area contributed by atoms with Crippen molar-refractivity contribution in [1.82, 2.24) is 4.90 Å². The van der Waals surface area contributed by atoms with Gasteiger partial charge >= 0.3 is 5.97 Å². The van der Waals surface area contributed by atoms with Crippen LogP contribution in [0.25, 0.3) is 0 Å². The molecule has 1 fully saturated rings. The molecule has 1 aliphatic heterocycles. The lowest BCUT2D eigenvalue weighted by molar-refractivity contribution is -0.148. The maximum absolute atomic E-state index is 12.6. The van der Waals surface area contributed by atoms with E-state index in [0.29, 0.717) is 30.6 Å². The Morgan fingerprint density at radius 2 is 2.14 bits per heavy atom. The number of carboxylic acids is 1. The first-order valence-corrected chi connectivity index (χ1v) is 7.28. The quantitative estimate of drug-likeness (QED) is 0.833. The van der Waals surface area contributed by atoms with Crippen LogP contribution >= 0.6 is 0 Å². The summed E-state index contributed by atoms with van der Waals surface area (Å²) in [5.41, 5.74) is 6.94. The number of nitrogens with zero attached hydrogens (tertiary/aromatic N) is 1. The first-order chi connectivity index (χ1) is 9.89. The van der Waals surface area contributed by atoms with Crippen LogP contribution in [0.3, 0.4) is 0 Å². The summed E-state index contributed by atoms with van der Waals surface area (Å²) < 4.78 is 0. The van der Waals surface area contributed by atoms with E-state index in [1.165, 1.54) is 0 Å². The van der Waals surface area contributed by atoms with Crippen molar-refractivity contribution in [2.75, 3.05) is 18.8 Å². The zero-order chi connectivity index (χ0) is 15.6. The van der Waals surface area contributed by atoms with Gasteiger partial charge in [0.05, 0.1) is 11.0 Å². The molecule has 3 N–H and O–H groups in total. The highest BCUT2D eigenvalue weighted by Gasteiger charge is 2.45. The highest BCUT2D eigenvalue weighted by Crippen LogP contribution is 2.36. The lowest BCUT2D eigenvalue weighted by Crippen LogP contribution is -2.37. The predicted molar refractivity (Wildman–Crippen MR) is 81.1 cm³/mol. The van der Waals surface area contributed by atoms with E-state index in [2.05, 4.69) is 0 Å². The van der Waals surface area contributed by atoms with Crippen molar-refractivity contribution in [1.29, 1.82) is 0 Å². The number of nitrogen functional groups attached to an aromatic ring is 1. The Labute approximate surface area is 124 Å². The molecule has 0 bridgehead atoms. The summed E-state index contributed by atoms with van der Waals surface area (Å²) >= 11 is 0. The number of carbonyl (C=O) groups is 2. The van der Waals surface area contributed by atoms with Gasteiger partial charge in [-0.1, -0.05) is 25.0 Å². The van der Waals surface area contributed by atoms with Gasteiger partial charge in [0.1, 0.15) is 0 Å². The average molecular weight is 290 g/mol. The number of aliphatic carboxylic acids is 1. The largest absolute Gasteiger partial charge is 0.481 e. The van der Waals surface area contributed by atoms with Gasteiger partial charge in [-0.15, -0.1) is 0 Å². The molecule has 1 heterocycles. The molecule has 0 saturated carbocycles. The zero-order valence-corrected chi connectivity index (χ0v) is 12.6. The summed E-state index contributed by atoms with van der Waals surface area (Å²) in [5.74, 6) is -0.979. The molecule has 1 aliphatic rings. The molecular weight excluding hydrogens is 268 g/mol. The Kier molecular flexibility index (Phi) is 4.21. The molecule has 1 saturated heterocycles. The number of nitrogens with two attached hydrogens (primary N) is 1. The minimum absolute atomic E-state index is 0.171. The summed E-state index contributed by atoms with van der Waals surface area (Å²) in [7, 11) is 0. The van der Waals surface area contributed by atoms with Crippen molar-refractivity contribution in [3.05, 3.63) is 29.3 Å². The Bertz CT molecular complexity index is 571. The van der Waals surface area contributed by atoms with Gasteiger partial charge in [-0.05, 0) is 31.9 Å². The molecule has 0 aromatic heterocycles. The van der Waals surface area contributed by atoms with Crippen molar-refractivity contribution in [3.8, 4) is 0 Å².